The Hall–Kier alpha value is -3.35. The molecule has 550 valence electrons. The molecular weight excluding hydrogens is 1250 g/mol. The Morgan fingerprint density at radius 1 is 0.490 bits per heavy atom. The molecule has 5 saturated heterocycles. The van der Waals surface area contributed by atoms with Crippen molar-refractivity contribution in [1.82, 2.24) is 0 Å². The van der Waals surface area contributed by atoms with Crippen LogP contribution in [0.15, 0.2) is 36.4 Å². The molecule has 0 spiro atoms. The SMILES string of the molecule is CCCCCCCC(=O)O[C@@H]1[C@@H](OC(=O)/C=C/c2ccccc2)[C@@H](O)[C@H](O[C@@H]2[C@@H](O[C@@H]3O[C@H](CO)[C@@H](O)[C@H](O)[C@H]3O)[C@@H](OC(=O)CCCCCCC)[C@H](O[C@H]3[C@@H](O)[C@H]4OCCCCCCCCCC[C@H](CCCCC)O[C@@H]5O[C@H](C)[C@H](O)[C@H](O)[C@H]5O[C@H]4C[C@@H]3C)O[C@H]2C)O[C@H]1C. The number of carbonyl (C=O) groups is 3. The van der Waals surface area contributed by atoms with Crippen LogP contribution in [0.3, 0.4) is 0 Å². The lowest BCUT2D eigenvalue weighted by atomic mass is 9.81. The summed E-state index contributed by atoms with van der Waals surface area (Å²) in [6.07, 6.45) is -12.3. The third kappa shape index (κ3) is 23.3. The average Bonchev–Trinajstić information content (AvgIpc) is 0.771. The largest absolute Gasteiger partial charge is 0.455 e. The molecule has 5 aliphatic heterocycles. The summed E-state index contributed by atoms with van der Waals surface area (Å²) in [5, 5.41) is 92.8. The predicted molar refractivity (Wildman–Crippen MR) is 350 cm³/mol. The lowest BCUT2D eigenvalue weighted by Crippen LogP contribution is -2.68. The van der Waals surface area contributed by atoms with Crippen LogP contribution in [0, 0.1) is 5.92 Å². The van der Waals surface area contributed by atoms with E-state index in [1.165, 1.54) is 12.2 Å². The number of hydrogen-bond acceptors (Lipinski definition) is 24. The minimum atomic E-state index is -2.00. The van der Waals surface area contributed by atoms with Gasteiger partial charge in [0, 0.05) is 25.5 Å². The molecular formula is C72H118O24. The van der Waals surface area contributed by atoms with Crippen molar-refractivity contribution >= 4 is 24.0 Å². The van der Waals surface area contributed by atoms with Crippen LogP contribution >= 0.6 is 0 Å². The zero-order chi connectivity index (χ0) is 69.3. The van der Waals surface area contributed by atoms with Gasteiger partial charge in [-0.15, -0.1) is 0 Å². The van der Waals surface area contributed by atoms with Crippen LogP contribution in [0.4, 0.5) is 0 Å². The number of rotatable bonds is 28. The Balaban J connectivity index is 1.23. The van der Waals surface area contributed by atoms with Crippen molar-refractivity contribution in [3.8, 4) is 0 Å². The Kier molecular flexibility index (Phi) is 34.6. The number of esters is 3. The van der Waals surface area contributed by atoms with Gasteiger partial charge in [0.15, 0.2) is 43.5 Å². The number of fused-ring (bicyclic) bond motifs is 2. The Labute approximate surface area is 568 Å². The molecule has 0 aromatic heterocycles. The monoisotopic (exact) mass is 1370 g/mol. The molecule has 1 aliphatic carbocycles. The van der Waals surface area contributed by atoms with Gasteiger partial charge in [-0.2, -0.15) is 0 Å². The summed E-state index contributed by atoms with van der Waals surface area (Å²) in [5.74, 6) is -2.86. The summed E-state index contributed by atoms with van der Waals surface area (Å²) < 4.78 is 84.5. The molecule has 0 bridgehead atoms. The first-order chi connectivity index (χ1) is 46.3. The van der Waals surface area contributed by atoms with Gasteiger partial charge >= 0.3 is 17.9 Å². The highest BCUT2D eigenvalue weighted by Crippen LogP contribution is 2.41. The molecule has 0 amide bonds. The van der Waals surface area contributed by atoms with Crippen LogP contribution in [0.5, 0.6) is 0 Å². The van der Waals surface area contributed by atoms with E-state index >= 15 is 0 Å². The highest BCUT2D eigenvalue weighted by atomic mass is 16.8. The number of benzene rings is 1. The highest BCUT2D eigenvalue weighted by Gasteiger charge is 2.58. The molecule has 6 fully saturated rings. The molecule has 6 aliphatic rings. The van der Waals surface area contributed by atoms with Crippen molar-refractivity contribution in [2.24, 2.45) is 5.92 Å². The molecule has 7 rings (SSSR count). The average molecular weight is 1370 g/mol. The van der Waals surface area contributed by atoms with E-state index in [9.17, 15) is 55.2 Å². The van der Waals surface area contributed by atoms with Gasteiger partial charge in [0.25, 0.3) is 0 Å². The van der Waals surface area contributed by atoms with Crippen molar-refractivity contribution in [3.63, 3.8) is 0 Å². The molecule has 1 aromatic rings. The zero-order valence-electron chi connectivity index (χ0n) is 58.0. The van der Waals surface area contributed by atoms with E-state index in [4.69, 9.17) is 61.6 Å². The molecule has 8 N–H and O–H groups in total. The summed E-state index contributed by atoms with van der Waals surface area (Å²) in [4.78, 5) is 41.8. The van der Waals surface area contributed by atoms with Crippen LogP contribution in [0.25, 0.3) is 6.08 Å². The lowest BCUT2D eigenvalue weighted by molar-refractivity contribution is -0.390. The molecule has 26 atom stereocenters. The molecule has 1 saturated carbocycles. The number of ether oxygens (including phenoxy) is 13. The first kappa shape index (κ1) is 80.0. The number of unbranched alkanes of at least 4 members (excludes halogenated alkanes) is 10. The van der Waals surface area contributed by atoms with Gasteiger partial charge < -0.3 is 102 Å². The van der Waals surface area contributed by atoms with E-state index in [1.54, 1.807) is 45.0 Å². The minimum absolute atomic E-state index is 0.0478. The van der Waals surface area contributed by atoms with Crippen molar-refractivity contribution in [3.05, 3.63) is 42.0 Å². The standard InChI is InChI=1S/C72H118O24/c1-8-11-14-20-29-36-51(74)91-62-45(6)86-70(60(83)65(62)92-53(76)39-38-47-32-26-24-27-33-47)95-63-46(7)87-72(68(93-52(75)37-30-21-15-12-9-2)67(63)96-69-58(81)56(79)55(78)50(42-73)90-69)94-61-43(4)41-49-64(59(61)82)84-40-31-23-19-17-16-18-22-28-35-48(34-25-13-10-3)88-71-66(89-49)57(80)54(77)44(5)85-71/h24,26-27,32-33,38-39,43-46,48-50,54-73,77-83H,8-23,25,28-31,34-37,40-42H2,1-7H3/b39-38+/t43-,44+,45-,46-,48-,49-,50+,54-,55+,56-,57-,58+,59+,60+,61+,62-,63-,64-,65-,66+,67+,68+,69-,70-,71-,72-/m0/s1. The van der Waals surface area contributed by atoms with Crippen LogP contribution in [-0.4, -0.2) is 225 Å². The maximum Gasteiger partial charge on any atom is 0.331 e. The molecule has 0 radical (unpaired) electrons. The van der Waals surface area contributed by atoms with E-state index in [1.807, 2.05) is 13.0 Å². The second-order valence-electron chi connectivity index (χ2n) is 27.5. The number of carbonyl (C=O) groups excluding carboxylic acids is 3. The van der Waals surface area contributed by atoms with Crippen LogP contribution < -0.4 is 0 Å². The fourth-order valence-corrected chi connectivity index (χ4v) is 13.9. The van der Waals surface area contributed by atoms with Crippen molar-refractivity contribution in [1.29, 1.82) is 0 Å². The smallest absolute Gasteiger partial charge is 0.331 e. The van der Waals surface area contributed by atoms with Gasteiger partial charge in [0.05, 0.1) is 43.2 Å². The lowest BCUT2D eigenvalue weighted by Gasteiger charge is -2.51. The van der Waals surface area contributed by atoms with Gasteiger partial charge in [-0.05, 0) is 76.9 Å². The quantitative estimate of drug-likeness (QED) is 0.0175. The van der Waals surface area contributed by atoms with E-state index < -0.39 is 178 Å². The third-order valence-corrected chi connectivity index (χ3v) is 19.7. The van der Waals surface area contributed by atoms with Crippen molar-refractivity contribution in [2.75, 3.05) is 13.2 Å². The van der Waals surface area contributed by atoms with E-state index in [-0.39, 0.29) is 32.0 Å². The summed E-state index contributed by atoms with van der Waals surface area (Å²) in [7, 11) is 0. The second kappa shape index (κ2) is 41.5. The summed E-state index contributed by atoms with van der Waals surface area (Å²) in [6, 6.07) is 8.96. The highest BCUT2D eigenvalue weighted by molar-refractivity contribution is 5.87. The Bertz CT molecular complexity index is 2390. The van der Waals surface area contributed by atoms with Crippen molar-refractivity contribution in [2.45, 2.75) is 369 Å². The van der Waals surface area contributed by atoms with Gasteiger partial charge in [-0.1, -0.05) is 174 Å². The maximum absolute atomic E-state index is 14.4. The van der Waals surface area contributed by atoms with Gasteiger partial charge in [-0.25, -0.2) is 4.79 Å². The molecule has 24 heteroatoms. The van der Waals surface area contributed by atoms with Crippen LogP contribution in [0.1, 0.15) is 221 Å². The Morgan fingerprint density at radius 2 is 1.06 bits per heavy atom. The second-order valence-corrected chi connectivity index (χ2v) is 27.5. The van der Waals surface area contributed by atoms with Crippen LogP contribution in [0.2, 0.25) is 0 Å². The topological polar surface area (TPSA) is 333 Å². The normalized spacial score (nSPS) is 38.5. The molecule has 0 unspecified atom stereocenters. The molecule has 5 heterocycles. The summed E-state index contributed by atoms with van der Waals surface area (Å²) in [5.41, 5.74) is 0.678. The summed E-state index contributed by atoms with van der Waals surface area (Å²) >= 11 is 0. The predicted octanol–water partition coefficient (Wildman–Crippen LogP) is 7.46. The van der Waals surface area contributed by atoms with Gasteiger partial charge in [0.1, 0.15) is 73.2 Å². The van der Waals surface area contributed by atoms with E-state index in [0.717, 1.165) is 122 Å². The first-order valence-corrected chi connectivity index (χ1v) is 36.5. The van der Waals surface area contributed by atoms with E-state index in [0.29, 0.717) is 31.2 Å². The molecule has 24 nitrogen and oxygen atoms in total. The Morgan fingerprint density at radius 3 is 1.72 bits per heavy atom. The molecule has 96 heavy (non-hydrogen) atoms. The summed E-state index contributed by atoms with van der Waals surface area (Å²) in [6.45, 7) is 12.3. The fraction of sp³-hybridized carbons (Fsp3) is 0.847. The third-order valence-electron chi connectivity index (χ3n) is 19.7. The maximum atomic E-state index is 14.4. The molecule has 1 aromatic carbocycles. The van der Waals surface area contributed by atoms with E-state index in [2.05, 4.69) is 20.8 Å². The number of hydrogen-bond donors (Lipinski definition) is 8. The zero-order valence-corrected chi connectivity index (χ0v) is 58.0. The fourth-order valence-electron chi connectivity index (χ4n) is 13.9. The number of aliphatic hydroxyl groups is 8. The number of aliphatic hydroxyl groups excluding tert-OH is 8. The van der Waals surface area contributed by atoms with Crippen LogP contribution in [-0.2, 0) is 76.0 Å². The van der Waals surface area contributed by atoms with Crippen molar-refractivity contribution < 1.29 is 117 Å². The van der Waals surface area contributed by atoms with Gasteiger partial charge in [0.2, 0.25) is 0 Å². The minimum Gasteiger partial charge on any atom is -0.455 e. The van der Waals surface area contributed by atoms with Gasteiger partial charge in [-0.3, -0.25) is 9.59 Å². The first-order valence-electron chi connectivity index (χ1n) is 36.5.